The molecular weight excluding hydrogens is 381 g/mol. The number of benzene rings is 1. The van der Waals surface area contributed by atoms with Gasteiger partial charge in [0.1, 0.15) is 11.5 Å². The molecule has 1 fully saturated rings. The zero-order valence-electron chi connectivity index (χ0n) is 16.5. The Labute approximate surface area is 169 Å². The van der Waals surface area contributed by atoms with Crippen molar-refractivity contribution in [2.45, 2.75) is 39.2 Å². The van der Waals surface area contributed by atoms with E-state index in [-0.39, 0.29) is 22.4 Å². The molecule has 150 valence electrons. The second kappa shape index (κ2) is 8.01. The molecule has 0 atom stereocenters. The van der Waals surface area contributed by atoms with Crippen LogP contribution < -0.4 is 10.6 Å². The minimum Gasteiger partial charge on any atom is -0.339 e. The first kappa shape index (κ1) is 20.5. The van der Waals surface area contributed by atoms with Crippen LogP contribution in [0.4, 0.5) is 15.9 Å². The number of halogens is 2. The maximum atomic E-state index is 13.7. The van der Waals surface area contributed by atoms with Gasteiger partial charge in [0.05, 0.1) is 22.5 Å². The summed E-state index contributed by atoms with van der Waals surface area (Å²) in [7, 11) is 0. The van der Waals surface area contributed by atoms with Crippen LogP contribution in [0.15, 0.2) is 24.4 Å². The van der Waals surface area contributed by atoms with Crippen LogP contribution in [0.5, 0.6) is 0 Å². The van der Waals surface area contributed by atoms with Crippen LogP contribution in [0.1, 0.15) is 49.8 Å². The Morgan fingerprint density at radius 3 is 2.79 bits per heavy atom. The average Bonchev–Trinajstić information content (AvgIpc) is 2.64. The highest BCUT2D eigenvalue weighted by molar-refractivity contribution is 6.30. The predicted octanol–water partition coefficient (Wildman–Crippen LogP) is 3.96. The third kappa shape index (κ3) is 4.25. The summed E-state index contributed by atoms with van der Waals surface area (Å²) in [5, 5.41) is 6.44. The number of carbonyl (C=O) groups is 1. The van der Waals surface area contributed by atoms with Crippen LogP contribution in [0, 0.1) is 5.82 Å². The number of anilines is 2. The van der Waals surface area contributed by atoms with Crippen LogP contribution in [0.25, 0.3) is 0 Å². The monoisotopic (exact) mass is 405 g/mol. The van der Waals surface area contributed by atoms with Crippen molar-refractivity contribution in [3.8, 4) is 0 Å². The van der Waals surface area contributed by atoms with Crippen molar-refractivity contribution >= 4 is 29.0 Å². The zero-order valence-corrected chi connectivity index (χ0v) is 17.3. The SMILES string of the molecule is CC(C)c1nc(C(=O)N2CCNCC2(C)C)cnc1Nc1ccc(Cl)c(F)c1. The van der Waals surface area contributed by atoms with Crippen molar-refractivity contribution in [1.29, 1.82) is 0 Å². The van der Waals surface area contributed by atoms with Gasteiger partial charge >= 0.3 is 0 Å². The normalized spacial score (nSPS) is 16.3. The Kier molecular flexibility index (Phi) is 5.86. The predicted molar refractivity (Wildman–Crippen MR) is 109 cm³/mol. The lowest BCUT2D eigenvalue weighted by Gasteiger charge is -2.42. The minimum absolute atomic E-state index is 0.0240. The standard InChI is InChI=1S/C20H25ClFN5O/c1-12(2)17-18(25-13-5-6-14(21)15(22)9-13)24-10-16(26-17)19(28)27-8-7-23-11-20(27,3)4/h5-6,9-10,12,23H,7-8,11H2,1-4H3,(H,24,25). The number of aromatic nitrogens is 2. The number of rotatable bonds is 4. The first-order chi connectivity index (χ1) is 13.2. The summed E-state index contributed by atoms with van der Waals surface area (Å²) in [5.74, 6) is -0.132. The molecule has 0 spiro atoms. The highest BCUT2D eigenvalue weighted by Gasteiger charge is 2.34. The molecule has 1 aromatic carbocycles. The third-order valence-electron chi connectivity index (χ3n) is 4.79. The van der Waals surface area contributed by atoms with E-state index in [1.165, 1.54) is 18.3 Å². The Morgan fingerprint density at radius 2 is 2.14 bits per heavy atom. The van der Waals surface area contributed by atoms with Gasteiger partial charge in [0.15, 0.2) is 5.82 Å². The van der Waals surface area contributed by atoms with Crippen molar-refractivity contribution in [2.75, 3.05) is 25.0 Å². The summed E-state index contributed by atoms with van der Waals surface area (Å²) in [4.78, 5) is 23.9. The van der Waals surface area contributed by atoms with Gasteiger partial charge in [-0.3, -0.25) is 4.79 Å². The molecule has 1 amide bonds. The summed E-state index contributed by atoms with van der Waals surface area (Å²) in [5.41, 5.74) is 1.17. The highest BCUT2D eigenvalue weighted by Crippen LogP contribution is 2.27. The highest BCUT2D eigenvalue weighted by atomic mass is 35.5. The van der Waals surface area contributed by atoms with Crippen molar-refractivity contribution < 1.29 is 9.18 Å². The number of hydrogen-bond donors (Lipinski definition) is 2. The molecule has 28 heavy (non-hydrogen) atoms. The van der Waals surface area contributed by atoms with Gasteiger partial charge in [-0.1, -0.05) is 25.4 Å². The summed E-state index contributed by atoms with van der Waals surface area (Å²) in [6.45, 7) is 10.1. The topological polar surface area (TPSA) is 70.2 Å². The van der Waals surface area contributed by atoms with Crippen LogP contribution in [0.3, 0.4) is 0 Å². The van der Waals surface area contributed by atoms with Gasteiger partial charge in [0, 0.05) is 25.3 Å². The average molecular weight is 406 g/mol. The summed E-state index contributed by atoms with van der Waals surface area (Å²) in [6, 6.07) is 4.45. The van der Waals surface area contributed by atoms with Gasteiger partial charge in [-0.05, 0) is 38.0 Å². The molecule has 0 aliphatic carbocycles. The van der Waals surface area contributed by atoms with Crippen LogP contribution >= 0.6 is 11.6 Å². The molecular formula is C20H25ClFN5O. The first-order valence-corrected chi connectivity index (χ1v) is 9.68. The zero-order chi connectivity index (χ0) is 20.5. The molecule has 2 heterocycles. The molecule has 3 rings (SSSR count). The molecule has 1 aliphatic rings. The largest absolute Gasteiger partial charge is 0.339 e. The fourth-order valence-electron chi connectivity index (χ4n) is 3.21. The first-order valence-electron chi connectivity index (χ1n) is 9.31. The molecule has 2 aromatic rings. The number of carbonyl (C=O) groups excluding carboxylic acids is 1. The summed E-state index contributed by atoms with van der Waals surface area (Å²) < 4.78 is 13.7. The Balaban J connectivity index is 1.90. The number of hydrogen-bond acceptors (Lipinski definition) is 5. The maximum Gasteiger partial charge on any atom is 0.274 e. The van der Waals surface area contributed by atoms with E-state index in [2.05, 4.69) is 20.6 Å². The summed E-state index contributed by atoms with van der Waals surface area (Å²) in [6.07, 6.45) is 1.47. The van der Waals surface area contributed by atoms with E-state index in [1.807, 2.05) is 32.6 Å². The molecule has 6 nitrogen and oxygen atoms in total. The van der Waals surface area contributed by atoms with Gasteiger partial charge in [-0.25, -0.2) is 14.4 Å². The quantitative estimate of drug-likeness (QED) is 0.805. The van der Waals surface area contributed by atoms with E-state index in [9.17, 15) is 9.18 Å². The van der Waals surface area contributed by atoms with Crippen LogP contribution in [0.2, 0.25) is 5.02 Å². The van der Waals surface area contributed by atoms with Gasteiger partial charge in [-0.15, -0.1) is 0 Å². The van der Waals surface area contributed by atoms with E-state index in [0.717, 1.165) is 13.1 Å². The fraction of sp³-hybridized carbons (Fsp3) is 0.450. The van der Waals surface area contributed by atoms with Gasteiger partial charge in [-0.2, -0.15) is 0 Å². The van der Waals surface area contributed by atoms with E-state index in [4.69, 9.17) is 11.6 Å². The second-order valence-electron chi connectivity index (χ2n) is 7.84. The number of nitrogens with zero attached hydrogens (tertiary/aromatic N) is 3. The minimum atomic E-state index is -0.515. The van der Waals surface area contributed by atoms with Crippen molar-refractivity contribution in [1.82, 2.24) is 20.2 Å². The molecule has 0 radical (unpaired) electrons. The van der Waals surface area contributed by atoms with Crippen molar-refractivity contribution in [3.05, 3.63) is 46.6 Å². The lowest BCUT2D eigenvalue weighted by Crippen LogP contribution is -2.60. The van der Waals surface area contributed by atoms with Crippen molar-refractivity contribution in [3.63, 3.8) is 0 Å². The lowest BCUT2D eigenvalue weighted by molar-refractivity contribution is 0.0470. The van der Waals surface area contributed by atoms with Crippen LogP contribution in [-0.2, 0) is 0 Å². The molecule has 0 unspecified atom stereocenters. The van der Waals surface area contributed by atoms with E-state index in [1.54, 1.807) is 6.07 Å². The van der Waals surface area contributed by atoms with E-state index < -0.39 is 5.82 Å². The maximum absolute atomic E-state index is 13.7. The van der Waals surface area contributed by atoms with E-state index in [0.29, 0.717) is 29.4 Å². The van der Waals surface area contributed by atoms with Crippen molar-refractivity contribution in [2.24, 2.45) is 0 Å². The lowest BCUT2D eigenvalue weighted by atomic mass is 9.99. The molecule has 0 bridgehead atoms. The molecule has 8 heteroatoms. The van der Waals surface area contributed by atoms with Gasteiger partial charge < -0.3 is 15.5 Å². The third-order valence-corrected chi connectivity index (χ3v) is 5.10. The molecule has 1 aromatic heterocycles. The van der Waals surface area contributed by atoms with E-state index >= 15 is 0 Å². The Hall–Kier alpha value is -2.25. The van der Waals surface area contributed by atoms with Gasteiger partial charge in [0.25, 0.3) is 5.91 Å². The molecule has 1 aliphatic heterocycles. The molecule has 0 saturated carbocycles. The molecule has 2 N–H and O–H groups in total. The number of nitrogens with one attached hydrogen (secondary N) is 2. The smallest absolute Gasteiger partial charge is 0.274 e. The van der Waals surface area contributed by atoms with Gasteiger partial charge in [0.2, 0.25) is 0 Å². The number of amides is 1. The Bertz CT molecular complexity index is 887. The second-order valence-corrected chi connectivity index (χ2v) is 8.25. The fourth-order valence-corrected chi connectivity index (χ4v) is 3.33. The Morgan fingerprint density at radius 1 is 1.39 bits per heavy atom. The summed E-state index contributed by atoms with van der Waals surface area (Å²) >= 11 is 5.74. The molecule has 1 saturated heterocycles. The van der Waals surface area contributed by atoms with Crippen LogP contribution in [-0.4, -0.2) is 45.9 Å². The number of piperazine rings is 1.